The first-order valence-corrected chi connectivity index (χ1v) is 11.3. The van der Waals surface area contributed by atoms with Gasteiger partial charge in [0.25, 0.3) is 5.91 Å². The third-order valence-corrected chi connectivity index (χ3v) is 5.93. The summed E-state index contributed by atoms with van der Waals surface area (Å²) in [5.41, 5.74) is 5.44. The molecule has 1 atom stereocenters. The van der Waals surface area contributed by atoms with Crippen molar-refractivity contribution in [1.82, 2.24) is 15.0 Å². The number of carbonyl (C=O) groups is 1. The molecule has 0 saturated carbocycles. The van der Waals surface area contributed by atoms with E-state index in [4.69, 9.17) is 5.73 Å². The Morgan fingerprint density at radius 1 is 1.00 bits per heavy atom. The van der Waals surface area contributed by atoms with Crippen molar-refractivity contribution in [2.24, 2.45) is 5.73 Å². The van der Waals surface area contributed by atoms with Gasteiger partial charge in [-0.05, 0) is 35.9 Å². The second-order valence-corrected chi connectivity index (χ2v) is 8.39. The van der Waals surface area contributed by atoms with Crippen LogP contribution in [0.1, 0.15) is 27.7 Å². The summed E-state index contributed by atoms with van der Waals surface area (Å²) in [5.74, 6) is -2.67. The molecule has 0 aliphatic rings. The van der Waals surface area contributed by atoms with Gasteiger partial charge in [0.05, 0.1) is 22.5 Å². The van der Waals surface area contributed by atoms with Crippen LogP contribution in [0.25, 0.3) is 33.5 Å². The maximum Gasteiger partial charge on any atom is 0.417 e. The van der Waals surface area contributed by atoms with E-state index >= 15 is 4.39 Å². The van der Waals surface area contributed by atoms with Crippen molar-refractivity contribution in [1.29, 1.82) is 0 Å². The quantitative estimate of drug-likeness (QED) is 0.176. The SMILES string of the molecule is NC(O)c1ccc2[nH]c(-c3ccccc3)c(NC(=O)c3cc(-c4ncccn4)c(C(F)(F)F)cc3F)c2c1. The minimum atomic E-state index is -4.92. The van der Waals surface area contributed by atoms with Crippen molar-refractivity contribution < 1.29 is 27.5 Å². The molecule has 0 radical (unpaired) electrons. The number of aromatic nitrogens is 3. The summed E-state index contributed by atoms with van der Waals surface area (Å²) < 4.78 is 56.1. The number of aliphatic hydroxyl groups excluding tert-OH is 1. The standard InChI is InChI=1S/C27H19F4N5O2/c28-20-13-19(27(29,30)31)16(25-33-9-4-10-34-25)12-17(20)26(38)36-23-18-11-15(24(32)37)7-8-21(18)35-22(23)14-5-2-1-3-6-14/h1-13,24,35,37H,32H2,(H,36,38). The molecule has 5 aromatic rings. The van der Waals surface area contributed by atoms with Gasteiger partial charge in [0.1, 0.15) is 12.0 Å². The predicted octanol–water partition coefficient (Wildman–Crippen LogP) is 5.65. The van der Waals surface area contributed by atoms with E-state index in [2.05, 4.69) is 20.3 Å². The van der Waals surface area contributed by atoms with Crippen molar-refractivity contribution in [3.8, 4) is 22.6 Å². The first-order chi connectivity index (χ1) is 18.1. The number of alkyl halides is 3. The lowest BCUT2D eigenvalue weighted by molar-refractivity contribution is -0.137. The van der Waals surface area contributed by atoms with Gasteiger partial charge in [0.2, 0.25) is 0 Å². The molecule has 2 heterocycles. The molecule has 7 nitrogen and oxygen atoms in total. The molecule has 3 aromatic carbocycles. The number of benzene rings is 3. The Balaban J connectivity index is 1.65. The van der Waals surface area contributed by atoms with Crippen LogP contribution in [0.4, 0.5) is 23.2 Å². The molecule has 0 saturated heterocycles. The number of fused-ring (bicyclic) bond motifs is 1. The summed E-state index contributed by atoms with van der Waals surface area (Å²) in [6.07, 6.45) is -3.72. The van der Waals surface area contributed by atoms with E-state index in [1.54, 1.807) is 48.5 Å². The molecular weight excluding hydrogens is 502 g/mol. The van der Waals surface area contributed by atoms with Gasteiger partial charge >= 0.3 is 6.18 Å². The van der Waals surface area contributed by atoms with Crippen molar-refractivity contribution in [3.05, 3.63) is 102 Å². The number of carbonyl (C=O) groups excluding carboxylic acids is 1. The number of aliphatic hydroxyl groups is 1. The van der Waals surface area contributed by atoms with Crippen LogP contribution in [0, 0.1) is 5.82 Å². The van der Waals surface area contributed by atoms with E-state index in [9.17, 15) is 23.1 Å². The average Bonchev–Trinajstić information content (AvgIpc) is 3.26. The van der Waals surface area contributed by atoms with Crippen LogP contribution in [-0.4, -0.2) is 26.0 Å². The van der Waals surface area contributed by atoms with Crippen molar-refractivity contribution in [2.75, 3.05) is 5.32 Å². The summed E-state index contributed by atoms with van der Waals surface area (Å²) in [5, 5.41) is 12.9. The zero-order valence-electron chi connectivity index (χ0n) is 19.4. The molecule has 38 heavy (non-hydrogen) atoms. The molecule has 0 spiro atoms. The van der Waals surface area contributed by atoms with Crippen molar-refractivity contribution in [3.63, 3.8) is 0 Å². The fourth-order valence-corrected chi connectivity index (χ4v) is 4.13. The lowest BCUT2D eigenvalue weighted by Gasteiger charge is -2.15. The van der Waals surface area contributed by atoms with E-state index in [0.717, 1.165) is 6.07 Å². The maximum atomic E-state index is 15.0. The van der Waals surface area contributed by atoms with E-state index in [0.29, 0.717) is 27.7 Å². The van der Waals surface area contributed by atoms with Crippen molar-refractivity contribution >= 4 is 22.5 Å². The Morgan fingerprint density at radius 2 is 1.71 bits per heavy atom. The second-order valence-electron chi connectivity index (χ2n) is 8.39. The second kappa shape index (κ2) is 9.69. The minimum Gasteiger partial charge on any atom is -0.375 e. The normalized spacial score (nSPS) is 12.5. The molecule has 11 heteroatoms. The van der Waals surface area contributed by atoms with Crippen LogP contribution in [0.15, 0.2) is 79.1 Å². The van der Waals surface area contributed by atoms with Gasteiger partial charge in [-0.2, -0.15) is 13.2 Å². The summed E-state index contributed by atoms with van der Waals surface area (Å²) in [7, 11) is 0. The lowest BCUT2D eigenvalue weighted by Crippen LogP contribution is -2.17. The Hall–Kier alpha value is -4.61. The highest BCUT2D eigenvalue weighted by atomic mass is 19.4. The van der Waals surface area contributed by atoms with Crippen LogP contribution in [0.3, 0.4) is 0 Å². The third kappa shape index (κ3) is 4.72. The zero-order valence-corrected chi connectivity index (χ0v) is 19.4. The highest BCUT2D eigenvalue weighted by Crippen LogP contribution is 2.39. The number of anilines is 1. The molecule has 0 bridgehead atoms. The minimum absolute atomic E-state index is 0.232. The predicted molar refractivity (Wildman–Crippen MR) is 133 cm³/mol. The van der Waals surface area contributed by atoms with E-state index in [1.165, 1.54) is 18.5 Å². The monoisotopic (exact) mass is 521 g/mol. The molecule has 2 aromatic heterocycles. The van der Waals surface area contributed by atoms with E-state index in [-0.39, 0.29) is 17.6 Å². The van der Waals surface area contributed by atoms with E-state index in [1.807, 2.05) is 0 Å². The number of nitrogens with two attached hydrogens (primary N) is 1. The molecule has 0 aliphatic heterocycles. The molecule has 5 N–H and O–H groups in total. The van der Waals surface area contributed by atoms with Crippen LogP contribution in [0.5, 0.6) is 0 Å². The number of H-pyrrole nitrogens is 1. The largest absolute Gasteiger partial charge is 0.417 e. The number of aromatic amines is 1. The van der Waals surface area contributed by atoms with Crippen molar-refractivity contribution in [2.45, 2.75) is 12.4 Å². The fourth-order valence-electron chi connectivity index (χ4n) is 4.13. The molecule has 0 aliphatic carbocycles. The van der Waals surface area contributed by atoms with E-state index < -0.39 is 40.8 Å². The van der Waals surface area contributed by atoms with Gasteiger partial charge in [0.15, 0.2) is 5.82 Å². The van der Waals surface area contributed by atoms with Gasteiger partial charge in [-0.25, -0.2) is 14.4 Å². The number of hydrogen-bond donors (Lipinski definition) is 4. The molecular formula is C27H19F4N5O2. The molecule has 0 fully saturated rings. The molecule has 1 amide bonds. The number of amides is 1. The number of halogens is 4. The van der Waals surface area contributed by atoms with Crippen LogP contribution >= 0.6 is 0 Å². The fraction of sp³-hybridized carbons (Fsp3) is 0.0741. The van der Waals surface area contributed by atoms with Gasteiger partial charge in [-0.1, -0.05) is 36.4 Å². The number of rotatable bonds is 5. The van der Waals surface area contributed by atoms with Gasteiger partial charge in [-0.15, -0.1) is 0 Å². The lowest BCUT2D eigenvalue weighted by atomic mass is 10.0. The third-order valence-electron chi connectivity index (χ3n) is 5.93. The first kappa shape index (κ1) is 25.1. The van der Waals surface area contributed by atoms with Crippen LogP contribution < -0.4 is 11.1 Å². The molecule has 192 valence electrons. The number of hydrogen-bond acceptors (Lipinski definition) is 5. The zero-order chi connectivity index (χ0) is 27.0. The summed E-state index contributed by atoms with van der Waals surface area (Å²) in [6, 6.07) is 16.2. The Kier molecular flexibility index (Phi) is 6.39. The smallest absolute Gasteiger partial charge is 0.375 e. The number of nitrogens with one attached hydrogen (secondary N) is 2. The number of nitrogens with zero attached hydrogens (tertiary/aromatic N) is 2. The summed E-state index contributed by atoms with van der Waals surface area (Å²) >= 11 is 0. The Morgan fingerprint density at radius 3 is 2.37 bits per heavy atom. The topological polar surface area (TPSA) is 117 Å². The van der Waals surface area contributed by atoms with Gasteiger partial charge in [0, 0.05) is 34.4 Å². The summed E-state index contributed by atoms with van der Waals surface area (Å²) in [6.45, 7) is 0. The Bertz CT molecular complexity index is 1630. The molecule has 5 rings (SSSR count). The van der Waals surface area contributed by atoms with Crippen LogP contribution in [-0.2, 0) is 6.18 Å². The van der Waals surface area contributed by atoms with Crippen LogP contribution in [0.2, 0.25) is 0 Å². The van der Waals surface area contributed by atoms with Gasteiger partial charge < -0.3 is 21.1 Å². The highest BCUT2D eigenvalue weighted by Gasteiger charge is 2.36. The molecule has 1 unspecified atom stereocenters. The summed E-state index contributed by atoms with van der Waals surface area (Å²) in [4.78, 5) is 24.2. The van der Waals surface area contributed by atoms with Gasteiger partial charge in [-0.3, -0.25) is 4.79 Å². The average molecular weight is 521 g/mol. The Labute approximate surface area is 213 Å². The maximum absolute atomic E-state index is 15.0. The highest BCUT2D eigenvalue weighted by molar-refractivity contribution is 6.13. The first-order valence-electron chi connectivity index (χ1n) is 11.3.